The molecule has 0 fully saturated rings. The molecule has 3 heteroatoms. The zero-order valence-electron chi connectivity index (χ0n) is 6.97. The third kappa shape index (κ3) is 3.03. The summed E-state index contributed by atoms with van der Waals surface area (Å²) in [7, 11) is 0. The molecule has 1 aromatic rings. The van der Waals surface area contributed by atoms with Crippen LogP contribution in [0.25, 0.3) is 0 Å². The van der Waals surface area contributed by atoms with Crippen LogP contribution in [-0.2, 0) is 0 Å². The molecule has 0 N–H and O–H groups in total. The van der Waals surface area contributed by atoms with E-state index in [2.05, 4.69) is 15.9 Å². The Hall–Kier alpha value is -0.210. The number of hydrogen-bond donors (Lipinski definition) is 0. The van der Waals surface area contributed by atoms with Gasteiger partial charge in [-0.1, -0.05) is 27.5 Å². The summed E-state index contributed by atoms with van der Waals surface area (Å²) in [5.41, 5.74) is 0. The number of hydrogen-bond acceptors (Lipinski definition) is 1. The average molecular weight is 250 g/mol. The molecule has 0 saturated heterocycles. The van der Waals surface area contributed by atoms with Gasteiger partial charge in [0.05, 0.1) is 6.10 Å². The molecule has 0 saturated carbocycles. The van der Waals surface area contributed by atoms with Crippen LogP contribution in [0.4, 0.5) is 0 Å². The van der Waals surface area contributed by atoms with Gasteiger partial charge in [-0.25, -0.2) is 0 Å². The van der Waals surface area contributed by atoms with E-state index < -0.39 is 0 Å². The minimum Gasteiger partial charge on any atom is -0.491 e. The van der Waals surface area contributed by atoms with Gasteiger partial charge in [0, 0.05) is 9.50 Å². The highest BCUT2D eigenvalue weighted by Gasteiger charge is 2.00. The zero-order valence-corrected chi connectivity index (χ0v) is 9.32. The monoisotopic (exact) mass is 248 g/mol. The summed E-state index contributed by atoms with van der Waals surface area (Å²) >= 11 is 9.16. The maximum absolute atomic E-state index is 5.82. The lowest BCUT2D eigenvalue weighted by Crippen LogP contribution is -2.05. The van der Waals surface area contributed by atoms with Gasteiger partial charge in [0.15, 0.2) is 0 Å². The van der Waals surface area contributed by atoms with E-state index in [9.17, 15) is 0 Å². The molecule has 0 bridgehead atoms. The summed E-state index contributed by atoms with van der Waals surface area (Å²) in [6.45, 7) is 3.96. The predicted octanol–water partition coefficient (Wildman–Crippen LogP) is 3.89. The largest absolute Gasteiger partial charge is 0.491 e. The van der Waals surface area contributed by atoms with Gasteiger partial charge in [0.2, 0.25) is 0 Å². The van der Waals surface area contributed by atoms with Crippen LogP contribution < -0.4 is 4.74 Å². The van der Waals surface area contributed by atoms with Gasteiger partial charge in [0.25, 0.3) is 0 Å². The smallest absolute Gasteiger partial charge is 0.122 e. The van der Waals surface area contributed by atoms with Crippen LogP contribution in [0.3, 0.4) is 0 Å². The summed E-state index contributed by atoms with van der Waals surface area (Å²) in [6, 6.07) is 5.52. The highest BCUT2D eigenvalue weighted by Crippen LogP contribution is 2.25. The Morgan fingerprint density at radius 2 is 2.00 bits per heavy atom. The summed E-state index contributed by atoms with van der Waals surface area (Å²) in [5.74, 6) is 0.796. The van der Waals surface area contributed by atoms with Crippen LogP contribution in [-0.4, -0.2) is 6.10 Å². The van der Waals surface area contributed by atoms with Crippen molar-refractivity contribution < 1.29 is 4.74 Å². The molecule has 1 nitrogen and oxygen atoms in total. The van der Waals surface area contributed by atoms with Crippen LogP contribution in [0.5, 0.6) is 5.75 Å². The third-order valence-electron chi connectivity index (χ3n) is 1.21. The molecule has 0 aliphatic carbocycles. The highest BCUT2D eigenvalue weighted by molar-refractivity contribution is 9.10. The molecule has 66 valence electrons. The second kappa shape index (κ2) is 4.15. The van der Waals surface area contributed by atoms with Crippen LogP contribution in [0.1, 0.15) is 13.8 Å². The van der Waals surface area contributed by atoms with E-state index in [1.54, 1.807) is 6.07 Å². The summed E-state index contributed by atoms with van der Waals surface area (Å²) in [4.78, 5) is 0. The Kier molecular flexibility index (Phi) is 3.41. The van der Waals surface area contributed by atoms with Crippen molar-refractivity contribution in [3.05, 3.63) is 27.7 Å². The van der Waals surface area contributed by atoms with Gasteiger partial charge >= 0.3 is 0 Å². The number of halogens is 2. The second-order valence-electron chi connectivity index (χ2n) is 2.77. The van der Waals surface area contributed by atoms with Crippen LogP contribution in [0.2, 0.25) is 5.02 Å². The van der Waals surface area contributed by atoms with Crippen LogP contribution in [0.15, 0.2) is 22.7 Å². The maximum atomic E-state index is 5.82. The summed E-state index contributed by atoms with van der Waals surface area (Å²) in [5, 5.41) is 0.681. The van der Waals surface area contributed by atoms with Gasteiger partial charge in [-0.3, -0.25) is 0 Å². The van der Waals surface area contributed by atoms with E-state index in [1.807, 2.05) is 26.0 Å². The maximum Gasteiger partial charge on any atom is 0.122 e. The van der Waals surface area contributed by atoms with Crippen molar-refractivity contribution in [2.75, 3.05) is 0 Å². The number of rotatable bonds is 2. The van der Waals surface area contributed by atoms with Gasteiger partial charge in [-0.05, 0) is 32.0 Å². The van der Waals surface area contributed by atoms with Gasteiger partial charge in [0.1, 0.15) is 5.75 Å². The molecule has 0 amide bonds. The van der Waals surface area contributed by atoms with Crippen molar-refractivity contribution in [3.63, 3.8) is 0 Å². The second-order valence-corrected chi connectivity index (χ2v) is 4.12. The number of benzene rings is 1. The summed E-state index contributed by atoms with van der Waals surface area (Å²) in [6.07, 6.45) is 0.176. The Morgan fingerprint density at radius 1 is 1.33 bits per heavy atom. The first-order chi connectivity index (χ1) is 5.58. The first-order valence-corrected chi connectivity index (χ1v) is 4.88. The van der Waals surface area contributed by atoms with E-state index in [4.69, 9.17) is 16.3 Å². The predicted molar refractivity (Wildman–Crippen MR) is 54.9 cm³/mol. The topological polar surface area (TPSA) is 9.23 Å². The molecule has 1 rings (SSSR count). The van der Waals surface area contributed by atoms with E-state index in [1.165, 1.54) is 0 Å². The van der Waals surface area contributed by atoms with Crippen molar-refractivity contribution in [2.24, 2.45) is 0 Å². The van der Waals surface area contributed by atoms with Crippen LogP contribution >= 0.6 is 27.5 Å². The molecule has 0 aromatic heterocycles. The SMILES string of the molecule is CC(C)Oc1cc(Cl)cc(Br)c1. The molecule has 0 aliphatic rings. The van der Waals surface area contributed by atoms with Crippen molar-refractivity contribution in [1.82, 2.24) is 0 Å². The van der Waals surface area contributed by atoms with Crippen LogP contribution in [0, 0.1) is 0 Å². The molecule has 0 unspecified atom stereocenters. The molecule has 0 spiro atoms. The molecule has 12 heavy (non-hydrogen) atoms. The Balaban J connectivity index is 2.85. The number of ether oxygens (including phenoxy) is 1. The van der Waals surface area contributed by atoms with Crippen molar-refractivity contribution in [1.29, 1.82) is 0 Å². The lowest BCUT2D eigenvalue weighted by Gasteiger charge is -2.09. The normalized spacial score (nSPS) is 10.4. The van der Waals surface area contributed by atoms with Gasteiger partial charge in [-0.2, -0.15) is 0 Å². The van der Waals surface area contributed by atoms with Crippen molar-refractivity contribution in [3.8, 4) is 5.75 Å². The molecule has 0 radical (unpaired) electrons. The van der Waals surface area contributed by atoms with Crippen molar-refractivity contribution >= 4 is 27.5 Å². The van der Waals surface area contributed by atoms with E-state index in [-0.39, 0.29) is 6.10 Å². The standard InChI is InChI=1S/C9H10BrClO/c1-6(2)12-9-4-7(10)3-8(11)5-9/h3-6H,1-2H3. The van der Waals surface area contributed by atoms with Gasteiger partial charge < -0.3 is 4.74 Å². The molecule has 0 atom stereocenters. The quantitative estimate of drug-likeness (QED) is 0.773. The molecule has 1 aromatic carbocycles. The fourth-order valence-electron chi connectivity index (χ4n) is 0.869. The molecular formula is C9H10BrClO. The highest BCUT2D eigenvalue weighted by atomic mass is 79.9. The first-order valence-electron chi connectivity index (χ1n) is 3.70. The fourth-order valence-corrected chi connectivity index (χ4v) is 1.70. The minimum atomic E-state index is 0.176. The third-order valence-corrected chi connectivity index (χ3v) is 1.88. The molecular weight excluding hydrogens is 239 g/mol. The minimum absolute atomic E-state index is 0.176. The van der Waals surface area contributed by atoms with Crippen molar-refractivity contribution in [2.45, 2.75) is 20.0 Å². The molecule has 0 aliphatic heterocycles. The Bertz CT molecular complexity index is 253. The van der Waals surface area contributed by atoms with E-state index >= 15 is 0 Å². The van der Waals surface area contributed by atoms with Gasteiger partial charge in [-0.15, -0.1) is 0 Å². The fraction of sp³-hybridized carbons (Fsp3) is 0.333. The zero-order chi connectivity index (χ0) is 9.14. The summed E-state index contributed by atoms with van der Waals surface area (Å²) < 4.78 is 6.40. The van der Waals surface area contributed by atoms with E-state index in [0.29, 0.717) is 5.02 Å². The lowest BCUT2D eigenvalue weighted by atomic mass is 10.3. The average Bonchev–Trinajstić information content (AvgIpc) is 1.81. The first kappa shape index (κ1) is 9.87. The molecule has 0 heterocycles. The van der Waals surface area contributed by atoms with E-state index in [0.717, 1.165) is 10.2 Å². The Morgan fingerprint density at radius 3 is 2.50 bits per heavy atom. The Labute approximate surface area is 85.8 Å². The lowest BCUT2D eigenvalue weighted by molar-refractivity contribution is 0.242.